The summed E-state index contributed by atoms with van der Waals surface area (Å²) in [6.07, 6.45) is 3.45. The lowest BCUT2D eigenvalue weighted by atomic mass is 9.74. The third kappa shape index (κ3) is 3.60. The van der Waals surface area contributed by atoms with Crippen LogP contribution in [0.1, 0.15) is 35.4 Å². The van der Waals surface area contributed by atoms with Crippen molar-refractivity contribution in [3.63, 3.8) is 0 Å². The van der Waals surface area contributed by atoms with Crippen LogP contribution in [-0.2, 0) is 21.1 Å². The van der Waals surface area contributed by atoms with Crippen molar-refractivity contribution >= 4 is 15.7 Å². The molecule has 3 aliphatic rings. The quantitative estimate of drug-likeness (QED) is 0.715. The van der Waals surface area contributed by atoms with E-state index < -0.39 is 9.84 Å². The van der Waals surface area contributed by atoms with E-state index >= 15 is 0 Å². The molecule has 160 valence electrons. The molecule has 7 heteroatoms. The van der Waals surface area contributed by atoms with Crippen LogP contribution in [0.4, 0.5) is 0 Å². The maximum atomic E-state index is 13.3. The van der Waals surface area contributed by atoms with E-state index in [9.17, 15) is 18.4 Å². The molecule has 1 amide bonds. The summed E-state index contributed by atoms with van der Waals surface area (Å²) < 4.78 is 23.6. The SMILES string of the molecule is Cc1ccccc1CCC(c1ccc(S(C)(=O)=O)cc1)C1CC2C[N@+](C)(C1=O)N2O. The minimum Gasteiger partial charge on any atom is -0.268 e. The molecular formula is C23H29N2O4S+. The third-order valence-electron chi connectivity index (χ3n) is 6.87. The van der Waals surface area contributed by atoms with Crippen molar-refractivity contribution in [2.24, 2.45) is 5.92 Å². The Bertz CT molecular complexity index is 1070. The van der Waals surface area contributed by atoms with E-state index in [0.29, 0.717) is 13.0 Å². The molecule has 1 N–H and O–H groups in total. The molecule has 3 fully saturated rings. The van der Waals surface area contributed by atoms with Crippen LogP contribution >= 0.6 is 0 Å². The number of carbonyl (C=O) groups is 1. The maximum Gasteiger partial charge on any atom is 0.338 e. The number of carbonyl (C=O) groups excluding carboxylic acids is 1. The van der Waals surface area contributed by atoms with Gasteiger partial charge in [0, 0.05) is 6.26 Å². The highest BCUT2D eigenvalue weighted by Gasteiger charge is 2.64. The highest BCUT2D eigenvalue weighted by molar-refractivity contribution is 7.90. The summed E-state index contributed by atoms with van der Waals surface area (Å²) in [5.41, 5.74) is 3.46. The molecule has 6 nitrogen and oxygen atoms in total. The summed E-state index contributed by atoms with van der Waals surface area (Å²) >= 11 is 0. The van der Waals surface area contributed by atoms with Crippen molar-refractivity contribution in [3.8, 4) is 0 Å². The molecule has 0 radical (unpaired) electrons. The van der Waals surface area contributed by atoms with E-state index in [4.69, 9.17) is 0 Å². The van der Waals surface area contributed by atoms with Gasteiger partial charge in [-0.25, -0.2) is 13.2 Å². The van der Waals surface area contributed by atoms with Crippen molar-refractivity contribution < 1.29 is 23.0 Å². The molecule has 4 atom stereocenters. The number of likely N-dealkylation sites (N-methyl/N-ethyl adjacent to an activating group) is 1. The van der Waals surface area contributed by atoms with E-state index in [-0.39, 0.29) is 33.3 Å². The average Bonchev–Trinajstić information content (AvgIpc) is 2.71. The normalized spacial score (nSPS) is 27.5. The van der Waals surface area contributed by atoms with E-state index in [1.54, 1.807) is 19.2 Å². The van der Waals surface area contributed by atoms with Gasteiger partial charge in [0.2, 0.25) is 0 Å². The monoisotopic (exact) mass is 429 g/mol. The Kier molecular flexibility index (Phi) is 5.34. The zero-order chi connectivity index (χ0) is 21.7. The van der Waals surface area contributed by atoms with Crippen LogP contribution in [0.2, 0.25) is 0 Å². The Morgan fingerprint density at radius 3 is 2.43 bits per heavy atom. The lowest BCUT2D eigenvalue weighted by Crippen LogP contribution is -2.81. The van der Waals surface area contributed by atoms with Crippen LogP contribution in [0.3, 0.4) is 0 Å². The number of hydrogen-bond acceptors (Lipinski definition) is 5. The van der Waals surface area contributed by atoms with Gasteiger partial charge in [-0.05, 0) is 66.1 Å². The fourth-order valence-corrected chi connectivity index (χ4v) is 5.67. The van der Waals surface area contributed by atoms with Crippen molar-refractivity contribution in [3.05, 3.63) is 65.2 Å². The molecule has 0 spiro atoms. The number of nitrogens with zero attached hydrogens (tertiary/aromatic N) is 2. The van der Waals surface area contributed by atoms with Crippen LogP contribution in [0, 0.1) is 12.8 Å². The molecule has 3 heterocycles. The molecular weight excluding hydrogens is 400 g/mol. The molecule has 3 unspecified atom stereocenters. The van der Waals surface area contributed by atoms with Crippen LogP contribution in [0.15, 0.2) is 53.4 Å². The largest absolute Gasteiger partial charge is 0.338 e. The van der Waals surface area contributed by atoms with Gasteiger partial charge in [-0.1, -0.05) is 36.4 Å². The second-order valence-corrected chi connectivity index (χ2v) is 10.9. The highest BCUT2D eigenvalue weighted by atomic mass is 32.2. The summed E-state index contributed by atoms with van der Waals surface area (Å²) in [5, 5.41) is 11.4. The van der Waals surface area contributed by atoms with Crippen LogP contribution < -0.4 is 0 Å². The van der Waals surface area contributed by atoms with Gasteiger partial charge in [0.1, 0.15) is 12.6 Å². The first-order chi connectivity index (χ1) is 14.1. The Morgan fingerprint density at radius 2 is 1.83 bits per heavy atom. The van der Waals surface area contributed by atoms with Crippen LogP contribution in [0.25, 0.3) is 0 Å². The predicted octanol–water partition coefficient (Wildman–Crippen LogP) is 3.10. The van der Waals surface area contributed by atoms with E-state index in [2.05, 4.69) is 19.1 Å². The molecule has 3 aliphatic heterocycles. The Hall–Kier alpha value is -2.06. The number of quaternary nitrogens is 1. The number of piperidine rings is 1. The smallest absolute Gasteiger partial charge is 0.268 e. The van der Waals surface area contributed by atoms with Crippen molar-refractivity contribution in [2.75, 3.05) is 19.8 Å². The molecule has 2 aromatic rings. The van der Waals surface area contributed by atoms with Crippen molar-refractivity contribution in [1.29, 1.82) is 0 Å². The molecule has 0 saturated carbocycles. The molecule has 0 aliphatic carbocycles. The Balaban J connectivity index is 1.65. The topological polar surface area (TPSA) is 74.7 Å². The van der Waals surface area contributed by atoms with Gasteiger partial charge in [-0.2, -0.15) is 4.59 Å². The minimum atomic E-state index is -3.27. The fraction of sp³-hybridized carbons (Fsp3) is 0.435. The average molecular weight is 430 g/mol. The summed E-state index contributed by atoms with van der Waals surface area (Å²) in [7, 11) is -1.51. The molecule has 5 rings (SSSR count). The van der Waals surface area contributed by atoms with Crippen molar-refractivity contribution in [2.45, 2.75) is 43.0 Å². The zero-order valence-electron chi connectivity index (χ0n) is 17.7. The van der Waals surface area contributed by atoms with Gasteiger partial charge >= 0.3 is 5.91 Å². The second kappa shape index (κ2) is 7.57. The summed E-state index contributed by atoms with van der Waals surface area (Å²) in [6.45, 7) is 2.73. The fourth-order valence-electron chi connectivity index (χ4n) is 5.04. The second-order valence-electron chi connectivity index (χ2n) is 8.89. The zero-order valence-corrected chi connectivity index (χ0v) is 18.5. The molecule has 3 saturated heterocycles. The molecule has 0 aromatic heterocycles. The van der Waals surface area contributed by atoms with Gasteiger partial charge < -0.3 is 0 Å². The van der Waals surface area contributed by atoms with Gasteiger partial charge in [-0.15, -0.1) is 0 Å². The number of sulfone groups is 1. The van der Waals surface area contributed by atoms with Gasteiger partial charge in [-0.3, -0.25) is 5.21 Å². The number of benzene rings is 2. The number of amides is 1. The predicted molar refractivity (Wildman–Crippen MR) is 113 cm³/mol. The first kappa shape index (κ1) is 21.2. The first-order valence-corrected chi connectivity index (χ1v) is 12.2. The van der Waals surface area contributed by atoms with Crippen molar-refractivity contribution in [1.82, 2.24) is 5.17 Å². The standard InChI is InChI=1S/C23H29N2O4S/c1-16-6-4-5-7-17(16)10-13-21(18-8-11-20(12-9-18)30(3,28)29)22-14-19-15-25(2,23(22)26)24(19)27/h4-9,11-12,19,21-22,27H,10,13-15H2,1-3H3/q+1/t19?,21?,22?,25-/m1/s1. The van der Waals surface area contributed by atoms with E-state index in [1.807, 2.05) is 24.3 Å². The van der Waals surface area contributed by atoms with E-state index in [0.717, 1.165) is 18.4 Å². The van der Waals surface area contributed by atoms with Gasteiger partial charge in [0.25, 0.3) is 0 Å². The lowest BCUT2D eigenvalue weighted by Gasteiger charge is -2.56. The maximum absolute atomic E-state index is 13.3. The summed E-state index contributed by atoms with van der Waals surface area (Å²) in [5.74, 6) is -0.202. The molecule has 2 aromatic carbocycles. The van der Waals surface area contributed by atoms with Gasteiger partial charge in [0.15, 0.2) is 9.84 Å². The third-order valence-corrected chi connectivity index (χ3v) is 8.00. The summed E-state index contributed by atoms with van der Waals surface area (Å²) in [6, 6.07) is 15.2. The highest BCUT2D eigenvalue weighted by Crippen LogP contribution is 2.45. The number of hydroxylamine groups is 1. The van der Waals surface area contributed by atoms with Crippen LogP contribution in [-0.4, -0.2) is 55.2 Å². The van der Waals surface area contributed by atoms with Crippen LogP contribution in [0.5, 0.6) is 0 Å². The lowest BCUT2D eigenvalue weighted by molar-refractivity contribution is -1.06. The molecule has 30 heavy (non-hydrogen) atoms. The Morgan fingerprint density at radius 1 is 1.17 bits per heavy atom. The number of rotatable bonds is 6. The minimum absolute atomic E-state index is 0.00560. The number of hydrogen-bond donors (Lipinski definition) is 1. The first-order valence-electron chi connectivity index (χ1n) is 10.3. The van der Waals surface area contributed by atoms with Gasteiger partial charge in [0.05, 0.1) is 17.9 Å². The number of fused-ring (bicyclic) bond motifs is 2. The Labute approximate surface area is 178 Å². The molecule has 2 bridgehead atoms. The number of aryl methyl sites for hydroxylation is 2. The van der Waals surface area contributed by atoms with E-state index in [1.165, 1.54) is 22.6 Å². The summed E-state index contributed by atoms with van der Waals surface area (Å²) in [4.78, 5) is 13.6.